The zero-order chi connectivity index (χ0) is 11.4. The summed E-state index contributed by atoms with van der Waals surface area (Å²) in [7, 11) is 0. The topological polar surface area (TPSA) is 47.9 Å². The van der Waals surface area contributed by atoms with E-state index in [0.717, 1.165) is 5.71 Å². The number of rotatable bonds is 3. The quantitative estimate of drug-likeness (QED) is 0.399. The molecule has 0 aromatic carbocycles. The van der Waals surface area contributed by atoms with E-state index in [4.69, 9.17) is 9.57 Å². The van der Waals surface area contributed by atoms with Crippen molar-refractivity contribution in [3.8, 4) is 0 Å². The molecule has 0 saturated carbocycles. The summed E-state index contributed by atoms with van der Waals surface area (Å²) >= 11 is 0. The first kappa shape index (κ1) is 12.9. The maximum Gasteiger partial charge on any atom is 0.350 e. The van der Waals surface area contributed by atoms with Crippen molar-refractivity contribution in [1.29, 1.82) is 0 Å². The fraction of sp³-hybridized carbons (Fsp3) is 0.800. The second-order valence-electron chi connectivity index (χ2n) is 4.32. The highest BCUT2D eigenvalue weighted by Gasteiger charge is 2.22. The monoisotopic (exact) mass is 201 g/mol. The summed E-state index contributed by atoms with van der Waals surface area (Å²) in [5.74, 6) is -0.400. The Kier molecular flexibility index (Phi) is 4.60. The van der Waals surface area contributed by atoms with Crippen LogP contribution < -0.4 is 0 Å². The second kappa shape index (κ2) is 4.98. The molecule has 0 aromatic rings. The molecule has 0 N–H and O–H groups in total. The molecule has 14 heavy (non-hydrogen) atoms. The van der Waals surface area contributed by atoms with Crippen molar-refractivity contribution in [2.75, 3.05) is 0 Å². The van der Waals surface area contributed by atoms with Gasteiger partial charge < -0.3 is 9.57 Å². The molecule has 0 aliphatic carbocycles. The molecule has 0 radical (unpaired) electrons. The summed E-state index contributed by atoms with van der Waals surface area (Å²) in [4.78, 5) is 16.3. The Morgan fingerprint density at radius 3 is 2.14 bits per heavy atom. The van der Waals surface area contributed by atoms with Crippen LogP contribution in [0.2, 0.25) is 0 Å². The van der Waals surface area contributed by atoms with Crippen LogP contribution in [0.1, 0.15) is 41.5 Å². The van der Waals surface area contributed by atoms with Crippen LogP contribution in [0.3, 0.4) is 0 Å². The summed E-state index contributed by atoms with van der Waals surface area (Å²) in [6.07, 6.45) is -0.663. The first-order valence-corrected chi connectivity index (χ1v) is 4.62. The second-order valence-corrected chi connectivity index (χ2v) is 4.32. The third-order valence-corrected chi connectivity index (χ3v) is 1.13. The minimum Gasteiger partial charge on any atom is -0.457 e. The highest BCUT2D eigenvalue weighted by Crippen LogP contribution is 2.09. The van der Waals surface area contributed by atoms with Gasteiger partial charge in [0.25, 0.3) is 0 Å². The third kappa shape index (κ3) is 6.46. The number of nitrogens with zero attached hydrogens (tertiary/aromatic N) is 1. The Morgan fingerprint density at radius 1 is 1.29 bits per heavy atom. The maximum atomic E-state index is 11.4. The normalized spacial score (nSPS) is 13.0. The Bertz CT molecular complexity index is 224. The van der Waals surface area contributed by atoms with Gasteiger partial charge in [-0.05, 0) is 41.5 Å². The Balaban J connectivity index is 4.07. The average Bonchev–Trinajstić information content (AvgIpc) is 1.96. The molecule has 0 fully saturated rings. The minimum atomic E-state index is -0.663. The lowest BCUT2D eigenvalue weighted by Gasteiger charge is -2.21. The van der Waals surface area contributed by atoms with Crippen molar-refractivity contribution in [3.05, 3.63) is 0 Å². The molecule has 0 rings (SSSR count). The highest BCUT2D eigenvalue weighted by molar-refractivity contribution is 5.79. The van der Waals surface area contributed by atoms with E-state index in [2.05, 4.69) is 5.16 Å². The predicted octanol–water partition coefficient (Wildman–Crippen LogP) is 2.13. The minimum absolute atomic E-state index is 0.400. The molecule has 0 amide bonds. The van der Waals surface area contributed by atoms with Crippen molar-refractivity contribution in [1.82, 2.24) is 0 Å². The Labute approximate surface area is 85.3 Å². The van der Waals surface area contributed by atoms with Gasteiger partial charge in [0.15, 0.2) is 0 Å². The molecule has 0 spiro atoms. The van der Waals surface area contributed by atoms with Crippen LogP contribution in [-0.4, -0.2) is 23.4 Å². The number of ether oxygens (including phenoxy) is 1. The molecule has 82 valence electrons. The van der Waals surface area contributed by atoms with Crippen molar-refractivity contribution >= 4 is 11.7 Å². The molecule has 0 heterocycles. The van der Waals surface area contributed by atoms with Crippen LogP contribution >= 0.6 is 0 Å². The maximum absolute atomic E-state index is 11.4. The molecule has 4 heteroatoms. The van der Waals surface area contributed by atoms with Gasteiger partial charge in [-0.25, -0.2) is 4.79 Å². The van der Waals surface area contributed by atoms with E-state index in [1.807, 2.05) is 20.8 Å². The van der Waals surface area contributed by atoms with Crippen LogP contribution in [-0.2, 0) is 14.4 Å². The van der Waals surface area contributed by atoms with Gasteiger partial charge in [0, 0.05) is 0 Å². The average molecular weight is 201 g/mol. The summed E-state index contributed by atoms with van der Waals surface area (Å²) in [5.41, 5.74) is 0.278. The van der Waals surface area contributed by atoms with Crippen LogP contribution in [0.25, 0.3) is 0 Å². The van der Waals surface area contributed by atoms with Gasteiger partial charge in [0.1, 0.15) is 5.60 Å². The number of hydrogen-bond donors (Lipinski definition) is 0. The fourth-order valence-corrected chi connectivity index (χ4v) is 0.612. The van der Waals surface area contributed by atoms with Gasteiger partial charge in [-0.3, -0.25) is 0 Å². The van der Waals surface area contributed by atoms with E-state index >= 15 is 0 Å². The molecule has 1 unspecified atom stereocenters. The number of oxime groups is 1. The van der Waals surface area contributed by atoms with Crippen molar-refractivity contribution in [2.24, 2.45) is 5.16 Å². The highest BCUT2D eigenvalue weighted by atomic mass is 16.7. The molecular formula is C10H19NO3. The molecule has 0 saturated heterocycles. The Hall–Kier alpha value is -1.06. The lowest BCUT2D eigenvalue weighted by Crippen LogP contribution is -2.31. The number of carbonyl (C=O) groups excluding carboxylic acids is 1. The van der Waals surface area contributed by atoms with Gasteiger partial charge in [-0.2, -0.15) is 0 Å². The summed E-state index contributed by atoms with van der Waals surface area (Å²) in [5, 5.41) is 3.69. The zero-order valence-corrected chi connectivity index (χ0v) is 9.75. The van der Waals surface area contributed by atoms with E-state index in [1.54, 1.807) is 20.8 Å². The summed E-state index contributed by atoms with van der Waals surface area (Å²) in [6, 6.07) is 0. The van der Waals surface area contributed by atoms with Crippen molar-refractivity contribution in [2.45, 2.75) is 53.2 Å². The van der Waals surface area contributed by atoms with Gasteiger partial charge in [-0.1, -0.05) is 5.16 Å². The van der Waals surface area contributed by atoms with E-state index in [-0.39, 0.29) is 0 Å². The lowest BCUT2D eigenvalue weighted by molar-refractivity contribution is -0.167. The zero-order valence-electron chi connectivity index (χ0n) is 9.75. The predicted molar refractivity (Wildman–Crippen MR) is 55.2 cm³/mol. The van der Waals surface area contributed by atoms with Crippen LogP contribution in [0.15, 0.2) is 5.16 Å². The summed E-state index contributed by atoms with van der Waals surface area (Å²) in [6.45, 7) is 10.6. The van der Waals surface area contributed by atoms with E-state index in [0.29, 0.717) is 0 Å². The van der Waals surface area contributed by atoms with E-state index < -0.39 is 17.7 Å². The SMILES string of the molecule is CC(C)=NOC(C)C(=O)OC(C)(C)C. The molecule has 0 aliphatic rings. The smallest absolute Gasteiger partial charge is 0.350 e. The Morgan fingerprint density at radius 2 is 1.79 bits per heavy atom. The van der Waals surface area contributed by atoms with Crippen LogP contribution in [0.5, 0.6) is 0 Å². The first-order valence-electron chi connectivity index (χ1n) is 4.62. The van der Waals surface area contributed by atoms with E-state index in [1.165, 1.54) is 0 Å². The lowest BCUT2D eigenvalue weighted by atomic mass is 10.2. The van der Waals surface area contributed by atoms with Crippen LogP contribution in [0, 0.1) is 0 Å². The fourth-order valence-electron chi connectivity index (χ4n) is 0.612. The number of esters is 1. The van der Waals surface area contributed by atoms with Gasteiger partial charge in [-0.15, -0.1) is 0 Å². The molecule has 0 aliphatic heterocycles. The standard InChI is InChI=1S/C10H19NO3/c1-7(2)11-14-8(3)9(12)13-10(4,5)6/h8H,1-6H3. The molecule has 0 bridgehead atoms. The van der Waals surface area contributed by atoms with Gasteiger partial charge in [0.05, 0.1) is 5.71 Å². The number of hydrogen-bond acceptors (Lipinski definition) is 4. The molecule has 0 aromatic heterocycles. The summed E-state index contributed by atoms with van der Waals surface area (Å²) < 4.78 is 5.10. The van der Waals surface area contributed by atoms with Gasteiger partial charge >= 0.3 is 5.97 Å². The molecule has 4 nitrogen and oxygen atoms in total. The van der Waals surface area contributed by atoms with Gasteiger partial charge in [0.2, 0.25) is 6.10 Å². The molecular weight excluding hydrogens is 182 g/mol. The van der Waals surface area contributed by atoms with Crippen molar-refractivity contribution in [3.63, 3.8) is 0 Å². The van der Waals surface area contributed by atoms with E-state index in [9.17, 15) is 4.79 Å². The van der Waals surface area contributed by atoms with Crippen molar-refractivity contribution < 1.29 is 14.4 Å². The third-order valence-electron chi connectivity index (χ3n) is 1.13. The molecule has 1 atom stereocenters. The van der Waals surface area contributed by atoms with Crippen LogP contribution in [0.4, 0.5) is 0 Å². The largest absolute Gasteiger partial charge is 0.457 e. The number of carbonyl (C=O) groups is 1. The first-order chi connectivity index (χ1) is 6.22.